The third kappa shape index (κ3) is 26.9. The Morgan fingerprint density at radius 2 is 1.31 bits per heavy atom. The molecule has 0 rings (SSSR count). The van der Waals surface area contributed by atoms with E-state index in [9.17, 15) is 19.5 Å². The van der Waals surface area contributed by atoms with Crippen molar-refractivity contribution in [3.63, 3.8) is 0 Å². The molecule has 0 saturated heterocycles. The van der Waals surface area contributed by atoms with Crippen LogP contribution in [0.15, 0.2) is 72.9 Å². The van der Waals surface area contributed by atoms with Crippen LogP contribution >= 0.6 is 0 Å². The minimum atomic E-state index is -1.15. The number of unbranched alkanes of at least 4 members (excludes halogenated alkanes) is 5. The predicted octanol–water partition coefficient (Wildman–Crippen LogP) is 6.34. The molecule has 0 aromatic heterocycles. The molecule has 0 radical (unpaired) electrons. The highest BCUT2D eigenvalue weighted by molar-refractivity contribution is 5.70. The molecule has 254 valence electrons. The van der Waals surface area contributed by atoms with E-state index in [1.54, 1.807) is 21.1 Å². The lowest BCUT2D eigenvalue weighted by molar-refractivity contribution is -0.889. The van der Waals surface area contributed by atoms with Gasteiger partial charge in [0.2, 0.25) is 0 Å². The standard InChI is InChI=1S/C37H59NO7/c1-6-8-10-12-14-16-17-18-19-20-22-24-26-28-36(40)45-33(31-43-30-29-34(37(41)42)38(3,4)5)32-44-35(39)27-25-23-21-15-13-11-9-7-2/h8,10,12,14,16-23,33-34H,6-7,9,11,13,15,24-32H2,1-5H3/b10-8+,14-12+,17-16+,19-18+,22-20+,23-21+. The molecule has 0 aliphatic heterocycles. The molecule has 0 aromatic rings. The molecule has 0 spiro atoms. The summed E-state index contributed by atoms with van der Waals surface area (Å²) < 4.78 is 16.8. The van der Waals surface area contributed by atoms with Crippen LogP contribution in [-0.2, 0) is 28.6 Å². The lowest BCUT2D eigenvalue weighted by Crippen LogP contribution is -2.55. The van der Waals surface area contributed by atoms with Gasteiger partial charge in [0.25, 0.3) is 0 Å². The van der Waals surface area contributed by atoms with Gasteiger partial charge in [0.1, 0.15) is 12.6 Å². The zero-order chi connectivity index (χ0) is 33.6. The van der Waals surface area contributed by atoms with Crippen molar-refractivity contribution in [1.82, 2.24) is 0 Å². The van der Waals surface area contributed by atoms with Gasteiger partial charge in [-0.15, -0.1) is 0 Å². The summed E-state index contributed by atoms with van der Waals surface area (Å²) in [6.45, 7) is 4.29. The van der Waals surface area contributed by atoms with Crippen LogP contribution in [0.25, 0.3) is 0 Å². The second kappa shape index (κ2) is 28.3. The Morgan fingerprint density at radius 3 is 1.93 bits per heavy atom. The molecule has 0 saturated carbocycles. The number of allylic oxidation sites excluding steroid dienone is 12. The second-order valence-electron chi connectivity index (χ2n) is 11.8. The third-order valence-corrected chi connectivity index (χ3v) is 6.72. The van der Waals surface area contributed by atoms with Crippen LogP contribution < -0.4 is 5.11 Å². The van der Waals surface area contributed by atoms with Gasteiger partial charge in [0.05, 0.1) is 40.3 Å². The molecule has 0 aromatic carbocycles. The molecule has 0 aliphatic rings. The summed E-state index contributed by atoms with van der Waals surface area (Å²) in [5, 5.41) is 11.5. The Hall–Kier alpha value is -3.23. The van der Waals surface area contributed by atoms with E-state index in [0.717, 1.165) is 19.3 Å². The Balaban J connectivity index is 4.71. The van der Waals surface area contributed by atoms with E-state index >= 15 is 0 Å². The van der Waals surface area contributed by atoms with Crippen LogP contribution in [0.4, 0.5) is 0 Å². The summed E-state index contributed by atoms with van der Waals surface area (Å²) in [6, 6.07) is -0.743. The number of carbonyl (C=O) groups is 3. The van der Waals surface area contributed by atoms with Gasteiger partial charge in [-0.2, -0.15) is 0 Å². The fourth-order valence-electron chi connectivity index (χ4n) is 4.11. The van der Waals surface area contributed by atoms with Gasteiger partial charge in [0.15, 0.2) is 6.10 Å². The highest BCUT2D eigenvalue weighted by Crippen LogP contribution is 2.09. The van der Waals surface area contributed by atoms with Crippen molar-refractivity contribution in [3.8, 4) is 0 Å². The van der Waals surface area contributed by atoms with E-state index in [4.69, 9.17) is 14.2 Å². The van der Waals surface area contributed by atoms with Crippen molar-refractivity contribution in [1.29, 1.82) is 0 Å². The summed E-state index contributed by atoms with van der Waals surface area (Å²) in [4.78, 5) is 36.3. The fourth-order valence-corrected chi connectivity index (χ4v) is 4.11. The number of esters is 2. The number of carbonyl (C=O) groups excluding carboxylic acids is 3. The average molecular weight is 630 g/mol. The van der Waals surface area contributed by atoms with Crippen molar-refractivity contribution in [2.75, 3.05) is 41.0 Å². The van der Waals surface area contributed by atoms with Crippen LogP contribution in [0.3, 0.4) is 0 Å². The number of rotatable bonds is 27. The minimum Gasteiger partial charge on any atom is -0.544 e. The van der Waals surface area contributed by atoms with Crippen LogP contribution in [0, 0.1) is 0 Å². The molecule has 0 amide bonds. The van der Waals surface area contributed by atoms with E-state index in [0.29, 0.717) is 19.3 Å². The summed E-state index contributed by atoms with van der Waals surface area (Å²) in [6.07, 6.45) is 32.5. The Bertz CT molecular complexity index is 970. The zero-order valence-corrected chi connectivity index (χ0v) is 28.5. The Labute approximate surface area is 272 Å². The van der Waals surface area contributed by atoms with E-state index < -0.39 is 24.1 Å². The van der Waals surface area contributed by atoms with E-state index in [-0.39, 0.29) is 49.5 Å². The summed E-state index contributed by atoms with van der Waals surface area (Å²) >= 11 is 0. The SMILES string of the molecule is CC/C=C/C=C/C=C/C=C/C=C/CCCC(=O)OC(COCCC(C(=O)[O-])[N+](C)(C)C)COC(=O)CC/C=C/CCCCCC. The number of ether oxygens (including phenoxy) is 3. The maximum absolute atomic E-state index is 12.5. The molecule has 0 aliphatic carbocycles. The molecular weight excluding hydrogens is 570 g/mol. The van der Waals surface area contributed by atoms with Gasteiger partial charge in [-0.05, 0) is 38.5 Å². The molecular formula is C37H59NO7. The molecule has 8 heteroatoms. The van der Waals surface area contributed by atoms with Crippen molar-refractivity contribution < 1.29 is 38.2 Å². The largest absolute Gasteiger partial charge is 0.544 e. The Kier molecular flexibility index (Phi) is 26.2. The predicted molar refractivity (Wildman–Crippen MR) is 180 cm³/mol. The number of carboxylic acid groups (broad SMARTS) is 1. The number of likely N-dealkylation sites (N-methyl/N-ethyl adjacent to an activating group) is 1. The van der Waals surface area contributed by atoms with Crippen LogP contribution in [0.5, 0.6) is 0 Å². The fraction of sp³-hybridized carbons (Fsp3) is 0.595. The number of aliphatic carboxylic acids is 1. The molecule has 2 atom stereocenters. The first-order chi connectivity index (χ1) is 21.6. The molecule has 45 heavy (non-hydrogen) atoms. The lowest BCUT2D eigenvalue weighted by Gasteiger charge is -2.34. The maximum Gasteiger partial charge on any atom is 0.306 e. The molecule has 0 heterocycles. The van der Waals surface area contributed by atoms with Gasteiger partial charge >= 0.3 is 11.9 Å². The van der Waals surface area contributed by atoms with Gasteiger partial charge in [-0.25, -0.2) is 0 Å². The molecule has 0 fully saturated rings. The summed E-state index contributed by atoms with van der Waals surface area (Å²) in [5.41, 5.74) is 0. The van der Waals surface area contributed by atoms with Gasteiger partial charge in [-0.1, -0.05) is 106 Å². The summed E-state index contributed by atoms with van der Waals surface area (Å²) in [5.74, 6) is -1.92. The molecule has 8 nitrogen and oxygen atoms in total. The first-order valence-electron chi connectivity index (χ1n) is 16.5. The molecule has 0 bridgehead atoms. The number of nitrogens with zero attached hydrogens (tertiary/aromatic N) is 1. The van der Waals surface area contributed by atoms with Gasteiger partial charge in [0, 0.05) is 19.3 Å². The molecule has 0 N–H and O–H groups in total. The quantitative estimate of drug-likeness (QED) is 0.0344. The number of hydrogen-bond acceptors (Lipinski definition) is 7. The minimum absolute atomic E-state index is 0.00408. The third-order valence-electron chi connectivity index (χ3n) is 6.72. The number of hydrogen-bond donors (Lipinski definition) is 0. The maximum atomic E-state index is 12.5. The summed E-state index contributed by atoms with van der Waals surface area (Å²) in [7, 11) is 5.34. The van der Waals surface area contributed by atoms with Gasteiger partial charge in [-0.3, -0.25) is 9.59 Å². The van der Waals surface area contributed by atoms with Gasteiger partial charge < -0.3 is 28.6 Å². The number of carboxylic acids is 1. The van der Waals surface area contributed by atoms with Crippen LogP contribution in [-0.4, -0.2) is 75.5 Å². The smallest absolute Gasteiger partial charge is 0.306 e. The van der Waals surface area contributed by atoms with Crippen molar-refractivity contribution in [3.05, 3.63) is 72.9 Å². The van der Waals surface area contributed by atoms with Crippen molar-refractivity contribution in [2.45, 2.75) is 103 Å². The second-order valence-corrected chi connectivity index (χ2v) is 11.8. The van der Waals surface area contributed by atoms with Crippen LogP contribution in [0.2, 0.25) is 0 Å². The monoisotopic (exact) mass is 629 g/mol. The normalized spacial score (nSPS) is 14.1. The first-order valence-corrected chi connectivity index (χ1v) is 16.5. The molecule has 2 unspecified atom stereocenters. The van der Waals surface area contributed by atoms with E-state index in [1.807, 2.05) is 60.8 Å². The highest BCUT2D eigenvalue weighted by Gasteiger charge is 2.25. The lowest BCUT2D eigenvalue weighted by atomic mass is 10.1. The van der Waals surface area contributed by atoms with Crippen molar-refractivity contribution in [2.24, 2.45) is 0 Å². The zero-order valence-electron chi connectivity index (χ0n) is 28.5. The highest BCUT2D eigenvalue weighted by atomic mass is 16.6. The Morgan fingerprint density at radius 1 is 0.689 bits per heavy atom. The topological polar surface area (TPSA) is 102 Å². The van der Waals surface area contributed by atoms with Crippen molar-refractivity contribution >= 4 is 17.9 Å². The van der Waals surface area contributed by atoms with E-state index in [1.165, 1.54) is 19.3 Å². The average Bonchev–Trinajstić information content (AvgIpc) is 2.98. The van der Waals surface area contributed by atoms with E-state index in [2.05, 4.69) is 26.0 Å². The van der Waals surface area contributed by atoms with Crippen LogP contribution in [0.1, 0.15) is 90.9 Å². The first kappa shape index (κ1) is 41.8. The number of quaternary nitrogens is 1.